The highest BCUT2D eigenvalue weighted by Gasteiger charge is 2.16. The van der Waals surface area contributed by atoms with E-state index in [1.807, 2.05) is 36.5 Å². The van der Waals surface area contributed by atoms with Gasteiger partial charge in [0.2, 0.25) is 5.75 Å². The van der Waals surface area contributed by atoms with Crippen LogP contribution >= 0.6 is 0 Å². The summed E-state index contributed by atoms with van der Waals surface area (Å²) in [6, 6.07) is 18.4. The molecule has 0 saturated heterocycles. The predicted molar refractivity (Wildman–Crippen MR) is 111 cm³/mol. The molecule has 1 aromatic heterocycles. The quantitative estimate of drug-likeness (QED) is 0.572. The Morgan fingerprint density at radius 3 is 2.07 bits per heavy atom. The maximum atomic E-state index is 5.50. The molecule has 3 rings (SSSR count). The third-order valence-corrected chi connectivity index (χ3v) is 4.53. The van der Waals surface area contributed by atoms with Crippen molar-refractivity contribution in [3.05, 3.63) is 77.5 Å². The molecule has 0 amide bonds. The number of ether oxygens (including phenoxy) is 3. The summed E-state index contributed by atoms with van der Waals surface area (Å²) in [6.45, 7) is 3.50. The highest BCUT2D eigenvalue weighted by molar-refractivity contribution is 5.54. The number of aromatic nitrogens is 1. The summed E-state index contributed by atoms with van der Waals surface area (Å²) in [5.74, 6) is 2.80. The van der Waals surface area contributed by atoms with Crippen molar-refractivity contribution in [1.82, 2.24) is 4.98 Å². The van der Waals surface area contributed by atoms with Crippen LogP contribution in [0.1, 0.15) is 16.7 Å². The zero-order valence-corrected chi connectivity index (χ0v) is 16.8. The van der Waals surface area contributed by atoms with Gasteiger partial charge in [-0.05, 0) is 42.3 Å². The first-order chi connectivity index (χ1) is 13.6. The van der Waals surface area contributed by atoms with Gasteiger partial charge in [-0.3, -0.25) is 0 Å². The number of benzene rings is 2. The van der Waals surface area contributed by atoms with Crippen LogP contribution in [0.15, 0.2) is 60.8 Å². The van der Waals surface area contributed by atoms with Crippen molar-refractivity contribution < 1.29 is 14.2 Å². The largest absolute Gasteiger partial charge is 0.493 e. The maximum absolute atomic E-state index is 5.50. The Kier molecular flexibility index (Phi) is 6.37. The number of pyridine rings is 1. The number of hydrogen-bond acceptors (Lipinski definition) is 5. The van der Waals surface area contributed by atoms with Crippen molar-refractivity contribution in [3.8, 4) is 17.2 Å². The monoisotopic (exact) mass is 378 g/mol. The summed E-state index contributed by atoms with van der Waals surface area (Å²) in [5.41, 5.74) is 3.53. The molecular weight excluding hydrogens is 352 g/mol. The highest BCUT2D eigenvalue weighted by Crippen LogP contribution is 2.38. The minimum Gasteiger partial charge on any atom is -0.493 e. The zero-order chi connectivity index (χ0) is 19.9. The highest BCUT2D eigenvalue weighted by atomic mass is 16.5. The summed E-state index contributed by atoms with van der Waals surface area (Å²) < 4.78 is 16.4. The SMILES string of the molecule is COc1cc(CN(Cc2cccc(C)c2)c2ccccn2)cc(OC)c1OC. The summed E-state index contributed by atoms with van der Waals surface area (Å²) in [6.07, 6.45) is 1.81. The predicted octanol–water partition coefficient (Wildman–Crippen LogP) is 4.62. The minimum atomic E-state index is 0.594. The van der Waals surface area contributed by atoms with Gasteiger partial charge in [0, 0.05) is 19.3 Å². The molecule has 0 aliphatic heterocycles. The maximum Gasteiger partial charge on any atom is 0.203 e. The Morgan fingerprint density at radius 2 is 1.50 bits per heavy atom. The van der Waals surface area contributed by atoms with Crippen LogP contribution in [0.2, 0.25) is 0 Å². The van der Waals surface area contributed by atoms with Gasteiger partial charge >= 0.3 is 0 Å². The van der Waals surface area contributed by atoms with Crippen molar-refractivity contribution >= 4 is 5.82 Å². The van der Waals surface area contributed by atoms with Crippen molar-refractivity contribution in [2.75, 3.05) is 26.2 Å². The van der Waals surface area contributed by atoms with E-state index >= 15 is 0 Å². The van der Waals surface area contributed by atoms with Gasteiger partial charge in [0.1, 0.15) is 5.82 Å². The summed E-state index contributed by atoms with van der Waals surface area (Å²) in [4.78, 5) is 6.78. The molecule has 0 N–H and O–H groups in total. The number of rotatable bonds is 8. The average molecular weight is 378 g/mol. The number of nitrogens with zero attached hydrogens (tertiary/aromatic N) is 2. The lowest BCUT2D eigenvalue weighted by atomic mass is 10.1. The van der Waals surface area contributed by atoms with Crippen LogP contribution in [0.25, 0.3) is 0 Å². The fourth-order valence-corrected chi connectivity index (χ4v) is 3.24. The minimum absolute atomic E-state index is 0.594. The fraction of sp³-hybridized carbons (Fsp3) is 0.261. The average Bonchev–Trinajstić information content (AvgIpc) is 2.73. The van der Waals surface area contributed by atoms with Gasteiger partial charge in [0.25, 0.3) is 0 Å². The first kappa shape index (κ1) is 19.5. The van der Waals surface area contributed by atoms with Crippen LogP contribution in [-0.4, -0.2) is 26.3 Å². The summed E-state index contributed by atoms with van der Waals surface area (Å²) >= 11 is 0. The van der Waals surface area contributed by atoms with Crippen LogP contribution in [-0.2, 0) is 13.1 Å². The molecule has 0 fully saturated rings. The number of anilines is 1. The first-order valence-electron chi connectivity index (χ1n) is 9.15. The molecule has 0 bridgehead atoms. The van der Waals surface area contributed by atoms with E-state index in [-0.39, 0.29) is 0 Å². The van der Waals surface area contributed by atoms with Crippen molar-refractivity contribution in [3.63, 3.8) is 0 Å². The molecule has 0 radical (unpaired) electrons. The van der Waals surface area contributed by atoms with Gasteiger partial charge in [-0.1, -0.05) is 35.9 Å². The molecule has 0 atom stereocenters. The molecule has 5 heteroatoms. The molecule has 0 aliphatic carbocycles. The Bertz CT molecular complexity index is 888. The molecule has 2 aromatic carbocycles. The molecular formula is C23H26N2O3. The molecule has 146 valence electrons. The van der Waals surface area contributed by atoms with Crippen molar-refractivity contribution in [2.24, 2.45) is 0 Å². The van der Waals surface area contributed by atoms with Gasteiger partial charge < -0.3 is 19.1 Å². The smallest absolute Gasteiger partial charge is 0.203 e. The Morgan fingerprint density at radius 1 is 0.786 bits per heavy atom. The number of methoxy groups -OCH3 is 3. The molecule has 28 heavy (non-hydrogen) atoms. The van der Waals surface area contributed by atoms with Gasteiger partial charge in [0.15, 0.2) is 11.5 Å². The van der Waals surface area contributed by atoms with Gasteiger partial charge in [-0.2, -0.15) is 0 Å². The fourth-order valence-electron chi connectivity index (χ4n) is 3.24. The Balaban J connectivity index is 1.95. The van der Waals surface area contributed by atoms with Crippen LogP contribution in [0.4, 0.5) is 5.82 Å². The Hall–Kier alpha value is -3.21. The molecule has 0 saturated carbocycles. The first-order valence-corrected chi connectivity index (χ1v) is 9.15. The summed E-state index contributed by atoms with van der Waals surface area (Å²) in [5, 5.41) is 0. The van der Waals surface area contributed by atoms with Gasteiger partial charge in [-0.15, -0.1) is 0 Å². The van der Waals surface area contributed by atoms with Crippen LogP contribution < -0.4 is 19.1 Å². The number of aryl methyl sites for hydroxylation is 1. The van der Waals surface area contributed by atoms with Crippen LogP contribution in [0.3, 0.4) is 0 Å². The van der Waals surface area contributed by atoms with E-state index in [1.54, 1.807) is 21.3 Å². The standard InChI is InChI=1S/C23H26N2O3/c1-17-8-7-9-18(12-17)15-25(22-10-5-6-11-24-22)16-19-13-20(26-2)23(28-4)21(14-19)27-3/h5-14H,15-16H2,1-4H3. The molecule has 1 heterocycles. The zero-order valence-electron chi connectivity index (χ0n) is 16.8. The molecule has 3 aromatic rings. The van der Waals surface area contributed by atoms with Crippen LogP contribution in [0, 0.1) is 6.92 Å². The second-order valence-corrected chi connectivity index (χ2v) is 6.57. The molecule has 0 spiro atoms. The normalized spacial score (nSPS) is 10.4. The second-order valence-electron chi connectivity index (χ2n) is 6.57. The van der Waals surface area contributed by atoms with Crippen LogP contribution in [0.5, 0.6) is 17.2 Å². The lowest BCUT2D eigenvalue weighted by molar-refractivity contribution is 0.323. The lowest BCUT2D eigenvalue weighted by Gasteiger charge is -2.25. The van der Waals surface area contributed by atoms with E-state index in [4.69, 9.17) is 14.2 Å². The third kappa shape index (κ3) is 4.55. The lowest BCUT2D eigenvalue weighted by Crippen LogP contribution is -2.23. The van der Waals surface area contributed by atoms with E-state index in [2.05, 4.69) is 41.1 Å². The Labute approximate surface area is 166 Å². The summed E-state index contributed by atoms with van der Waals surface area (Å²) in [7, 11) is 4.87. The van der Waals surface area contributed by atoms with E-state index in [0.717, 1.165) is 17.9 Å². The van der Waals surface area contributed by atoms with E-state index in [9.17, 15) is 0 Å². The van der Waals surface area contributed by atoms with Crippen molar-refractivity contribution in [2.45, 2.75) is 20.0 Å². The molecule has 0 unspecified atom stereocenters. The molecule has 0 aliphatic rings. The third-order valence-electron chi connectivity index (χ3n) is 4.53. The van der Waals surface area contributed by atoms with Crippen molar-refractivity contribution in [1.29, 1.82) is 0 Å². The number of hydrogen-bond donors (Lipinski definition) is 0. The topological polar surface area (TPSA) is 43.8 Å². The second kappa shape index (κ2) is 9.13. The van der Waals surface area contributed by atoms with E-state index in [1.165, 1.54) is 11.1 Å². The van der Waals surface area contributed by atoms with E-state index in [0.29, 0.717) is 23.8 Å². The molecule has 5 nitrogen and oxygen atoms in total. The van der Waals surface area contributed by atoms with E-state index < -0.39 is 0 Å². The van der Waals surface area contributed by atoms with Gasteiger partial charge in [-0.25, -0.2) is 4.98 Å². The van der Waals surface area contributed by atoms with Gasteiger partial charge in [0.05, 0.1) is 21.3 Å².